The van der Waals surface area contributed by atoms with Gasteiger partial charge in [0.1, 0.15) is 12.4 Å². The summed E-state index contributed by atoms with van der Waals surface area (Å²) < 4.78 is 5.49. The van der Waals surface area contributed by atoms with Gasteiger partial charge in [-0.2, -0.15) is 0 Å². The van der Waals surface area contributed by atoms with Crippen LogP contribution in [0.1, 0.15) is 5.56 Å². The molecule has 5 nitrogen and oxygen atoms in total. The van der Waals surface area contributed by atoms with E-state index in [1.165, 1.54) is 4.90 Å². The molecule has 0 radical (unpaired) electrons. The summed E-state index contributed by atoms with van der Waals surface area (Å²) in [5, 5.41) is 2.59. The maximum Gasteiger partial charge on any atom is 0.251 e. The van der Waals surface area contributed by atoms with Gasteiger partial charge in [0.2, 0.25) is 5.91 Å². The van der Waals surface area contributed by atoms with E-state index in [1.807, 2.05) is 24.3 Å². The van der Waals surface area contributed by atoms with E-state index in [2.05, 4.69) is 5.32 Å². The average molecular weight is 260 g/mol. The molecule has 0 fully saturated rings. The van der Waals surface area contributed by atoms with Gasteiger partial charge in [-0.05, 0) is 12.1 Å². The zero-order chi connectivity index (χ0) is 13.8. The number of nitrogens with zero attached hydrogens (tertiary/aromatic N) is 1. The van der Waals surface area contributed by atoms with E-state index in [9.17, 15) is 9.59 Å². The van der Waals surface area contributed by atoms with Crippen LogP contribution in [0.5, 0.6) is 5.75 Å². The molecule has 1 heterocycles. The van der Waals surface area contributed by atoms with E-state index in [4.69, 9.17) is 4.74 Å². The molecule has 0 spiro atoms. The first kappa shape index (κ1) is 13.1. The molecule has 0 bridgehead atoms. The molecule has 0 aliphatic carbocycles. The van der Waals surface area contributed by atoms with Crippen molar-refractivity contribution >= 4 is 17.9 Å². The van der Waals surface area contributed by atoms with Crippen molar-refractivity contribution in [2.75, 3.05) is 27.2 Å². The van der Waals surface area contributed by atoms with Gasteiger partial charge in [-0.25, -0.2) is 0 Å². The summed E-state index contributed by atoms with van der Waals surface area (Å²) >= 11 is 0. The normalized spacial score (nSPS) is 12.8. The SMILES string of the molecule is CN(C)C(=O)CNC(=O)C1=Cc2ccccc2OC1. The molecule has 1 aliphatic heterocycles. The maximum atomic E-state index is 11.9. The number of rotatable bonds is 3. The fourth-order valence-electron chi connectivity index (χ4n) is 1.67. The Hall–Kier alpha value is -2.30. The first-order valence-corrected chi connectivity index (χ1v) is 5.98. The van der Waals surface area contributed by atoms with E-state index in [1.54, 1.807) is 20.2 Å². The second kappa shape index (κ2) is 5.56. The summed E-state index contributed by atoms with van der Waals surface area (Å²) in [6, 6.07) is 7.51. The Balaban J connectivity index is 2.02. The number of fused-ring (bicyclic) bond motifs is 1. The number of ether oxygens (including phenoxy) is 1. The largest absolute Gasteiger partial charge is 0.488 e. The molecule has 1 aliphatic rings. The van der Waals surface area contributed by atoms with Gasteiger partial charge in [-0.15, -0.1) is 0 Å². The predicted octanol–water partition coefficient (Wildman–Crippen LogP) is 0.667. The van der Waals surface area contributed by atoms with E-state index in [-0.39, 0.29) is 25.0 Å². The van der Waals surface area contributed by atoms with Crippen molar-refractivity contribution < 1.29 is 14.3 Å². The summed E-state index contributed by atoms with van der Waals surface area (Å²) in [6.45, 7) is 0.212. The van der Waals surface area contributed by atoms with Crippen molar-refractivity contribution in [3.63, 3.8) is 0 Å². The van der Waals surface area contributed by atoms with Gasteiger partial charge in [0.05, 0.1) is 12.1 Å². The average Bonchev–Trinajstić information content (AvgIpc) is 2.43. The van der Waals surface area contributed by atoms with Crippen LogP contribution in [0.2, 0.25) is 0 Å². The van der Waals surface area contributed by atoms with Gasteiger partial charge in [0.25, 0.3) is 5.91 Å². The Kier molecular flexibility index (Phi) is 3.85. The summed E-state index contributed by atoms with van der Waals surface area (Å²) in [5.41, 5.74) is 1.39. The molecule has 0 atom stereocenters. The molecular formula is C14H16N2O3. The van der Waals surface area contributed by atoms with E-state index in [0.29, 0.717) is 5.57 Å². The fraction of sp³-hybridized carbons (Fsp3) is 0.286. The minimum absolute atomic E-state index is 0.00911. The van der Waals surface area contributed by atoms with Gasteiger partial charge >= 0.3 is 0 Å². The van der Waals surface area contributed by atoms with Crippen molar-refractivity contribution in [1.29, 1.82) is 0 Å². The lowest BCUT2D eigenvalue weighted by molar-refractivity contribution is -0.130. The number of nitrogens with one attached hydrogen (secondary N) is 1. The zero-order valence-corrected chi connectivity index (χ0v) is 11.0. The van der Waals surface area contributed by atoms with Crippen LogP contribution in [-0.2, 0) is 9.59 Å². The highest BCUT2D eigenvalue weighted by Gasteiger charge is 2.17. The number of hydrogen-bond donors (Lipinski definition) is 1. The second-order valence-electron chi connectivity index (χ2n) is 4.47. The van der Waals surface area contributed by atoms with Gasteiger partial charge < -0.3 is 15.0 Å². The Bertz CT molecular complexity index is 535. The summed E-state index contributed by atoms with van der Waals surface area (Å²) in [5.74, 6) is 0.346. The Morgan fingerprint density at radius 1 is 1.32 bits per heavy atom. The van der Waals surface area contributed by atoms with E-state index in [0.717, 1.165) is 11.3 Å². The molecule has 0 saturated heterocycles. The quantitative estimate of drug-likeness (QED) is 0.869. The van der Waals surface area contributed by atoms with E-state index < -0.39 is 0 Å². The van der Waals surface area contributed by atoms with Crippen LogP contribution in [-0.4, -0.2) is 44.0 Å². The van der Waals surface area contributed by atoms with Crippen LogP contribution >= 0.6 is 0 Å². The highest BCUT2D eigenvalue weighted by atomic mass is 16.5. The topological polar surface area (TPSA) is 58.6 Å². The lowest BCUT2D eigenvalue weighted by Gasteiger charge is -2.17. The standard InChI is InChI=1S/C14H16N2O3/c1-16(2)13(17)8-15-14(18)11-7-10-5-3-4-6-12(10)19-9-11/h3-7H,8-9H2,1-2H3,(H,15,18). The minimum Gasteiger partial charge on any atom is -0.488 e. The molecule has 0 unspecified atom stereocenters. The molecule has 1 aromatic carbocycles. The van der Waals surface area contributed by atoms with Crippen molar-refractivity contribution in [1.82, 2.24) is 10.2 Å². The highest BCUT2D eigenvalue weighted by molar-refractivity contribution is 6.00. The number of benzene rings is 1. The summed E-state index contributed by atoms with van der Waals surface area (Å²) in [4.78, 5) is 24.7. The molecule has 2 amide bonds. The first-order valence-electron chi connectivity index (χ1n) is 5.98. The molecule has 0 saturated carbocycles. The van der Waals surface area contributed by atoms with Crippen LogP contribution in [0.15, 0.2) is 29.8 Å². The van der Waals surface area contributed by atoms with Gasteiger partial charge in [0.15, 0.2) is 0 Å². The van der Waals surface area contributed by atoms with Crippen molar-refractivity contribution in [2.45, 2.75) is 0 Å². The Morgan fingerprint density at radius 3 is 2.79 bits per heavy atom. The molecule has 5 heteroatoms. The van der Waals surface area contributed by atoms with Crippen LogP contribution in [0, 0.1) is 0 Å². The highest BCUT2D eigenvalue weighted by Crippen LogP contribution is 2.25. The van der Waals surface area contributed by atoms with Gasteiger partial charge in [0, 0.05) is 19.7 Å². The van der Waals surface area contributed by atoms with Crippen LogP contribution < -0.4 is 10.1 Å². The molecule has 100 valence electrons. The third-order valence-electron chi connectivity index (χ3n) is 2.82. The monoisotopic (exact) mass is 260 g/mol. The molecule has 2 rings (SSSR count). The molecule has 19 heavy (non-hydrogen) atoms. The number of hydrogen-bond acceptors (Lipinski definition) is 3. The zero-order valence-electron chi connectivity index (χ0n) is 11.0. The molecular weight excluding hydrogens is 244 g/mol. The molecule has 1 aromatic rings. The second-order valence-corrected chi connectivity index (χ2v) is 4.47. The molecule has 0 aromatic heterocycles. The minimum atomic E-state index is -0.273. The number of amides is 2. The van der Waals surface area contributed by atoms with Crippen LogP contribution in [0.4, 0.5) is 0 Å². The third kappa shape index (κ3) is 3.13. The van der Waals surface area contributed by atoms with Crippen LogP contribution in [0.3, 0.4) is 0 Å². The van der Waals surface area contributed by atoms with Gasteiger partial charge in [-0.3, -0.25) is 9.59 Å². The van der Waals surface area contributed by atoms with Gasteiger partial charge in [-0.1, -0.05) is 18.2 Å². The third-order valence-corrected chi connectivity index (χ3v) is 2.82. The van der Waals surface area contributed by atoms with Crippen molar-refractivity contribution in [3.8, 4) is 5.75 Å². The summed E-state index contributed by atoms with van der Waals surface area (Å²) in [6.07, 6.45) is 1.79. The Labute approximate surface area is 111 Å². The number of carbonyl (C=O) groups is 2. The number of para-hydroxylation sites is 1. The number of likely N-dealkylation sites (N-methyl/N-ethyl adjacent to an activating group) is 1. The van der Waals surface area contributed by atoms with Crippen LogP contribution in [0.25, 0.3) is 6.08 Å². The first-order chi connectivity index (χ1) is 9.08. The van der Waals surface area contributed by atoms with E-state index >= 15 is 0 Å². The fourth-order valence-corrected chi connectivity index (χ4v) is 1.67. The lowest BCUT2D eigenvalue weighted by Crippen LogP contribution is -2.37. The number of carbonyl (C=O) groups excluding carboxylic acids is 2. The summed E-state index contributed by atoms with van der Waals surface area (Å²) in [7, 11) is 3.29. The lowest BCUT2D eigenvalue weighted by atomic mass is 10.1. The smallest absolute Gasteiger partial charge is 0.251 e. The maximum absolute atomic E-state index is 11.9. The van der Waals surface area contributed by atoms with Crippen molar-refractivity contribution in [2.24, 2.45) is 0 Å². The Morgan fingerprint density at radius 2 is 2.05 bits per heavy atom. The van der Waals surface area contributed by atoms with Crippen molar-refractivity contribution in [3.05, 3.63) is 35.4 Å². The predicted molar refractivity (Wildman–Crippen MR) is 71.6 cm³/mol. The molecule has 1 N–H and O–H groups in total.